The molecule has 2 aromatic rings. The number of aryl methyl sites for hydroxylation is 1. The number of furan rings is 1. The fraction of sp³-hybridized carbons (Fsp3) is 0.467. The van der Waals surface area contributed by atoms with Gasteiger partial charge in [-0.25, -0.2) is 0 Å². The zero-order valence-corrected chi connectivity index (χ0v) is 11.2. The zero-order valence-electron chi connectivity index (χ0n) is 11.2. The number of hydrogen-bond donors (Lipinski definition) is 2. The summed E-state index contributed by atoms with van der Waals surface area (Å²) in [5, 5.41) is 13.8. The highest BCUT2D eigenvalue weighted by Crippen LogP contribution is 2.25. The Bertz CT molecular complexity index is 518. The van der Waals surface area contributed by atoms with Gasteiger partial charge < -0.3 is 14.8 Å². The van der Waals surface area contributed by atoms with Crippen molar-refractivity contribution in [2.24, 2.45) is 5.92 Å². The van der Waals surface area contributed by atoms with Crippen LogP contribution >= 0.6 is 0 Å². The second kappa shape index (κ2) is 5.55. The Labute approximate surface area is 108 Å². The van der Waals surface area contributed by atoms with Crippen molar-refractivity contribution in [1.29, 1.82) is 0 Å². The molecule has 1 aromatic heterocycles. The number of rotatable bonds is 5. The second-order valence-corrected chi connectivity index (χ2v) is 4.96. The smallest absolute Gasteiger partial charge is 0.134 e. The summed E-state index contributed by atoms with van der Waals surface area (Å²) in [5.41, 5.74) is 2.15. The molecule has 0 aliphatic rings. The van der Waals surface area contributed by atoms with Crippen molar-refractivity contribution >= 4 is 11.0 Å². The van der Waals surface area contributed by atoms with Gasteiger partial charge in [-0.3, -0.25) is 0 Å². The van der Waals surface area contributed by atoms with E-state index in [0.29, 0.717) is 0 Å². The predicted molar refractivity (Wildman–Crippen MR) is 73.5 cm³/mol. The Hall–Kier alpha value is -1.32. The molecule has 3 heteroatoms. The van der Waals surface area contributed by atoms with Crippen molar-refractivity contribution in [3.05, 3.63) is 35.6 Å². The normalized spacial score (nSPS) is 14.9. The van der Waals surface area contributed by atoms with Gasteiger partial charge >= 0.3 is 0 Å². The molecular weight excluding hydrogens is 226 g/mol. The van der Waals surface area contributed by atoms with Crippen LogP contribution in [0.4, 0.5) is 0 Å². The van der Waals surface area contributed by atoms with E-state index in [0.717, 1.165) is 17.9 Å². The van der Waals surface area contributed by atoms with Crippen LogP contribution in [-0.4, -0.2) is 17.8 Å². The lowest BCUT2D eigenvalue weighted by molar-refractivity contribution is 0.207. The van der Waals surface area contributed by atoms with Crippen LogP contribution in [0.1, 0.15) is 25.2 Å². The van der Waals surface area contributed by atoms with E-state index >= 15 is 0 Å². The number of nitrogens with one attached hydrogen (secondary N) is 1. The molecule has 1 aromatic carbocycles. The van der Waals surface area contributed by atoms with Crippen LogP contribution in [0.2, 0.25) is 0 Å². The van der Waals surface area contributed by atoms with E-state index in [-0.39, 0.29) is 18.6 Å². The second-order valence-electron chi connectivity index (χ2n) is 4.96. The summed E-state index contributed by atoms with van der Waals surface area (Å²) in [5.74, 6) is 1.22. The van der Waals surface area contributed by atoms with Gasteiger partial charge in [-0.15, -0.1) is 0 Å². The van der Waals surface area contributed by atoms with Crippen LogP contribution in [0.15, 0.2) is 28.7 Å². The summed E-state index contributed by atoms with van der Waals surface area (Å²) < 4.78 is 5.73. The maximum atomic E-state index is 9.13. The molecule has 3 nitrogen and oxygen atoms in total. The Morgan fingerprint density at radius 1 is 1.28 bits per heavy atom. The van der Waals surface area contributed by atoms with Crippen LogP contribution < -0.4 is 5.32 Å². The fourth-order valence-electron chi connectivity index (χ4n) is 2.06. The monoisotopic (exact) mass is 247 g/mol. The molecule has 2 unspecified atom stereocenters. The van der Waals surface area contributed by atoms with Gasteiger partial charge in [0.15, 0.2) is 0 Å². The molecule has 0 bridgehead atoms. The molecule has 0 radical (unpaired) electrons. The van der Waals surface area contributed by atoms with Crippen LogP contribution in [0, 0.1) is 12.8 Å². The molecular formula is C15H21NO2. The lowest BCUT2D eigenvalue weighted by Crippen LogP contribution is -2.33. The maximum Gasteiger partial charge on any atom is 0.134 e. The van der Waals surface area contributed by atoms with Gasteiger partial charge in [0, 0.05) is 30.1 Å². The first-order valence-electron chi connectivity index (χ1n) is 6.44. The first-order chi connectivity index (χ1) is 8.63. The highest BCUT2D eigenvalue weighted by molar-refractivity contribution is 5.82. The Morgan fingerprint density at radius 2 is 2.00 bits per heavy atom. The Morgan fingerprint density at radius 3 is 2.72 bits per heavy atom. The molecule has 0 aliphatic carbocycles. The van der Waals surface area contributed by atoms with Crippen LogP contribution in [-0.2, 0) is 6.54 Å². The molecule has 0 saturated heterocycles. The van der Waals surface area contributed by atoms with E-state index in [2.05, 4.69) is 18.3 Å². The maximum absolute atomic E-state index is 9.13. The molecule has 98 valence electrons. The average molecular weight is 247 g/mol. The van der Waals surface area contributed by atoms with Crippen molar-refractivity contribution in [2.75, 3.05) is 6.61 Å². The minimum absolute atomic E-state index is 0.208. The molecule has 1 heterocycles. The summed E-state index contributed by atoms with van der Waals surface area (Å²) in [7, 11) is 0. The van der Waals surface area contributed by atoms with Crippen LogP contribution in [0.3, 0.4) is 0 Å². The van der Waals surface area contributed by atoms with Gasteiger partial charge in [-0.2, -0.15) is 0 Å². The third-order valence-electron chi connectivity index (χ3n) is 3.64. The lowest BCUT2D eigenvalue weighted by atomic mass is 10.0. The van der Waals surface area contributed by atoms with Gasteiger partial charge in [0.1, 0.15) is 11.3 Å². The first-order valence-corrected chi connectivity index (χ1v) is 6.44. The quantitative estimate of drug-likeness (QED) is 0.854. The van der Waals surface area contributed by atoms with Crippen molar-refractivity contribution < 1.29 is 9.52 Å². The minimum atomic E-state index is 0.208. The molecule has 0 saturated carbocycles. The number of aliphatic hydroxyl groups is 1. The van der Waals surface area contributed by atoms with Gasteiger partial charge in [0.25, 0.3) is 0 Å². The Kier molecular flexibility index (Phi) is 4.04. The summed E-state index contributed by atoms with van der Waals surface area (Å²) in [6.45, 7) is 7.11. The van der Waals surface area contributed by atoms with E-state index in [1.807, 2.05) is 32.0 Å². The SMILES string of the molecule is Cc1oc2ccccc2c1CNC(C)C(C)CO. The molecule has 0 amide bonds. The van der Waals surface area contributed by atoms with Crippen LogP contribution in [0.5, 0.6) is 0 Å². The van der Waals surface area contributed by atoms with Gasteiger partial charge in [0.2, 0.25) is 0 Å². The Balaban J connectivity index is 2.14. The number of para-hydroxylation sites is 1. The van der Waals surface area contributed by atoms with Crippen molar-refractivity contribution in [2.45, 2.75) is 33.4 Å². The fourth-order valence-corrected chi connectivity index (χ4v) is 2.06. The number of aliphatic hydroxyl groups excluding tert-OH is 1. The van der Waals surface area contributed by atoms with Crippen molar-refractivity contribution in [3.63, 3.8) is 0 Å². The third-order valence-corrected chi connectivity index (χ3v) is 3.64. The molecule has 18 heavy (non-hydrogen) atoms. The largest absolute Gasteiger partial charge is 0.461 e. The molecule has 0 spiro atoms. The third kappa shape index (κ3) is 2.57. The predicted octanol–water partition coefficient (Wildman–Crippen LogP) is 2.85. The highest BCUT2D eigenvalue weighted by Gasteiger charge is 2.14. The number of benzene rings is 1. The molecule has 2 rings (SSSR count). The number of hydrogen-bond acceptors (Lipinski definition) is 3. The molecule has 0 fully saturated rings. The van der Waals surface area contributed by atoms with E-state index in [9.17, 15) is 0 Å². The molecule has 0 aliphatic heterocycles. The van der Waals surface area contributed by atoms with E-state index in [1.54, 1.807) is 0 Å². The average Bonchev–Trinajstić information content (AvgIpc) is 2.70. The molecule has 2 atom stereocenters. The topological polar surface area (TPSA) is 45.4 Å². The zero-order chi connectivity index (χ0) is 13.1. The van der Waals surface area contributed by atoms with Crippen molar-refractivity contribution in [1.82, 2.24) is 5.32 Å². The summed E-state index contributed by atoms with van der Waals surface area (Å²) in [6, 6.07) is 8.37. The summed E-state index contributed by atoms with van der Waals surface area (Å²) in [4.78, 5) is 0. The summed E-state index contributed by atoms with van der Waals surface area (Å²) in [6.07, 6.45) is 0. The van der Waals surface area contributed by atoms with Gasteiger partial charge in [0.05, 0.1) is 0 Å². The molecule has 2 N–H and O–H groups in total. The van der Waals surface area contributed by atoms with E-state index < -0.39 is 0 Å². The van der Waals surface area contributed by atoms with E-state index in [4.69, 9.17) is 9.52 Å². The van der Waals surface area contributed by atoms with Gasteiger partial charge in [-0.1, -0.05) is 25.1 Å². The van der Waals surface area contributed by atoms with Gasteiger partial charge in [-0.05, 0) is 25.8 Å². The van der Waals surface area contributed by atoms with E-state index in [1.165, 1.54) is 10.9 Å². The van der Waals surface area contributed by atoms with Crippen LogP contribution in [0.25, 0.3) is 11.0 Å². The first kappa shape index (κ1) is 13.1. The van der Waals surface area contributed by atoms with Crippen molar-refractivity contribution in [3.8, 4) is 0 Å². The number of fused-ring (bicyclic) bond motifs is 1. The minimum Gasteiger partial charge on any atom is -0.461 e. The lowest BCUT2D eigenvalue weighted by Gasteiger charge is -2.19. The standard InChI is InChI=1S/C15H21NO2/c1-10(9-17)11(2)16-8-14-12(3)18-15-7-5-4-6-13(14)15/h4-7,10-11,16-17H,8-9H2,1-3H3. The summed E-state index contributed by atoms with van der Waals surface area (Å²) >= 11 is 0. The highest BCUT2D eigenvalue weighted by atomic mass is 16.3.